The van der Waals surface area contributed by atoms with Crippen LogP contribution >= 0.6 is 11.3 Å². The lowest BCUT2D eigenvalue weighted by Crippen LogP contribution is -2.14. The fourth-order valence-corrected chi connectivity index (χ4v) is 4.45. The van der Waals surface area contributed by atoms with Gasteiger partial charge in [0.15, 0.2) is 17.6 Å². The fourth-order valence-electron chi connectivity index (χ4n) is 3.82. The summed E-state index contributed by atoms with van der Waals surface area (Å²) in [6.45, 7) is 43.0. The standard InChI is InChI=1S/C9H12N4.C9H11N3O.C9H11N3S.6C2H6/c1-9(2,3)7-6-8(12-4-10-6)13-5-11-7;2*1-9(2,3)7-6-8(11-4-10-7)13-5-12-6;6*1-2/h4-5H,1-3H3,(H,10,11,12,13);2*4-5H,1-3H3;6*1-2H3. The normalized spacial score (nSPS) is 10.1. The van der Waals surface area contributed by atoms with Crippen LogP contribution in [0.25, 0.3) is 32.7 Å². The average Bonchev–Trinajstić information content (AvgIpc) is 3.94. The van der Waals surface area contributed by atoms with Gasteiger partial charge in [0.1, 0.15) is 34.8 Å². The number of hydrogen-bond donors (Lipinski definition) is 1. The van der Waals surface area contributed by atoms with Crippen molar-refractivity contribution in [3.05, 3.63) is 54.3 Å². The molecule has 0 aliphatic heterocycles. The van der Waals surface area contributed by atoms with Crippen molar-refractivity contribution in [2.45, 2.75) is 162 Å². The van der Waals surface area contributed by atoms with E-state index in [1.165, 1.54) is 12.7 Å². The maximum absolute atomic E-state index is 5.09. The summed E-state index contributed by atoms with van der Waals surface area (Å²) in [5.74, 6) is 0. The Kier molecular flexibility index (Phi) is 27.1. The molecular formula is C39H70N10OS. The zero-order chi connectivity index (χ0) is 40.4. The maximum atomic E-state index is 5.09. The number of rotatable bonds is 0. The maximum Gasteiger partial charge on any atom is 0.250 e. The molecule has 0 unspecified atom stereocenters. The topological polar surface area (TPSA) is 145 Å². The molecule has 288 valence electrons. The number of fused-ring (bicyclic) bond motifs is 3. The van der Waals surface area contributed by atoms with Gasteiger partial charge in [-0.25, -0.2) is 39.9 Å². The number of aromatic amines is 1. The molecular weight excluding hydrogens is 657 g/mol. The minimum absolute atomic E-state index is 0.0216. The van der Waals surface area contributed by atoms with Crippen molar-refractivity contribution in [2.24, 2.45) is 0 Å². The monoisotopic (exact) mass is 727 g/mol. The molecule has 0 aliphatic rings. The number of thiazole rings is 1. The lowest BCUT2D eigenvalue weighted by atomic mass is 9.91. The summed E-state index contributed by atoms with van der Waals surface area (Å²) in [5.41, 5.74) is 8.74. The van der Waals surface area contributed by atoms with E-state index < -0.39 is 0 Å². The Morgan fingerprint density at radius 3 is 1.45 bits per heavy atom. The summed E-state index contributed by atoms with van der Waals surface area (Å²) < 4.78 is 5.09. The van der Waals surface area contributed by atoms with Crippen LogP contribution in [-0.2, 0) is 16.2 Å². The fraction of sp³-hybridized carbons (Fsp3) is 0.615. The Morgan fingerprint density at radius 1 is 0.490 bits per heavy atom. The predicted molar refractivity (Wildman–Crippen MR) is 221 cm³/mol. The van der Waals surface area contributed by atoms with Gasteiger partial charge >= 0.3 is 0 Å². The number of aromatic nitrogens is 10. The van der Waals surface area contributed by atoms with Crippen molar-refractivity contribution in [3.63, 3.8) is 0 Å². The van der Waals surface area contributed by atoms with Crippen molar-refractivity contribution in [1.29, 1.82) is 0 Å². The second-order valence-electron chi connectivity index (χ2n) is 12.0. The molecule has 0 aromatic carbocycles. The smallest absolute Gasteiger partial charge is 0.250 e. The molecule has 0 bridgehead atoms. The van der Waals surface area contributed by atoms with Crippen molar-refractivity contribution < 1.29 is 4.42 Å². The molecule has 6 rings (SSSR count). The molecule has 6 aromatic heterocycles. The first-order valence-corrected chi connectivity index (χ1v) is 19.4. The van der Waals surface area contributed by atoms with E-state index >= 15 is 0 Å². The second kappa shape index (κ2) is 26.8. The van der Waals surface area contributed by atoms with Crippen LogP contribution in [0.4, 0.5) is 0 Å². The van der Waals surface area contributed by atoms with Crippen molar-refractivity contribution in [3.8, 4) is 0 Å². The summed E-state index contributed by atoms with van der Waals surface area (Å²) in [5, 5.41) is 0. The predicted octanol–water partition coefficient (Wildman–Crippen LogP) is 12.1. The average molecular weight is 727 g/mol. The highest BCUT2D eigenvalue weighted by atomic mass is 32.1. The third kappa shape index (κ3) is 16.3. The van der Waals surface area contributed by atoms with Crippen LogP contribution in [0, 0.1) is 0 Å². The SMILES string of the molecule is CC.CC.CC.CC.CC.CC.CC(C)(C)c1ncnc2nc[nH]c12.CC(C)(C)c1ncnc2ocnc12.CC(C)(C)c1ncnc2scnc12. The minimum Gasteiger partial charge on any atom is -0.425 e. The Balaban J connectivity index is -0.000000589. The zero-order valence-electron chi connectivity index (χ0n) is 35.8. The summed E-state index contributed by atoms with van der Waals surface area (Å²) >= 11 is 1.56. The molecule has 6 heterocycles. The van der Waals surface area contributed by atoms with E-state index in [1.807, 2.05) is 88.6 Å². The Hall–Kier alpha value is -3.93. The second-order valence-corrected chi connectivity index (χ2v) is 12.9. The molecule has 1 N–H and O–H groups in total. The number of nitrogens with zero attached hydrogens (tertiary/aromatic N) is 9. The van der Waals surface area contributed by atoms with Crippen LogP contribution in [-0.4, -0.2) is 49.8 Å². The Morgan fingerprint density at radius 2 is 0.941 bits per heavy atom. The molecule has 0 amide bonds. The molecule has 0 saturated carbocycles. The highest BCUT2D eigenvalue weighted by Gasteiger charge is 2.22. The molecule has 11 nitrogen and oxygen atoms in total. The zero-order valence-corrected chi connectivity index (χ0v) is 36.6. The van der Waals surface area contributed by atoms with Gasteiger partial charge in [-0.15, -0.1) is 11.3 Å². The van der Waals surface area contributed by atoms with Gasteiger partial charge in [-0.05, 0) is 0 Å². The first kappa shape index (κ1) is 51.4. The van der Waals surface area contributed by atoms with Crippen molar-refractivity contribution in [2.75, 3.05) is 0 Å². The van der Waals surface area contributed by atoms with Crippen LogP contribution in [0.2, 0.25) is 0 Å². The Bertz CT molecular complexity index is 1490. The van der Waals surface area contributed by atoms with Gasteiger partial charge < -0.3 is 9.40 Å². The van der Waals surface area contributed by atoms with E-state index in [4.69, 9.17) is 4.42 Å². The van der Waals surface area contributed by atoms with E-state index in [0.29, 0.717) is 5.71 Å². The summed E-state index contributed by atoms with van der Waals surface area (Å²) in [4.78, 5) is 41.5. The molecule has 0 aliphatic carbocycles. The summed E-state index contributed by atoms with van der Waals surface area (Å²) in [6.07, 6.45) is 7.72. The number of H-pyrrole nitrogens is 1. The van der Waals surface area contributed by atoms with Crippen molar-refractivity contribution in [1.82, 2.24) is 49.8 Å². The highest BCUT2D eigenvalue weighted by Crippen LogP contribution is 2.28. The van der Waals surface area contributed by atoms with Gasteiger partial charge in [0, 0.05) is 16.2 Å². The first-order valence-electron chi connectivity index (χ1n) is 18.5. The van der Waals surface area contributed by atoms with Crippen molar-refractivity contribution >= 4 is 44.1 Å². The molecule has 0 fully saturated rings. The quantitative estimate of drug-likeness (QED) is 0.160. The van der Waals surface area contributed by atoms with Crippen LogP contribution in [0.3, 0.4) is 0 Å². The van der Waals surface area contributed by atoms with Crippen LogP contribution in [0.1, 0.15) is 162 Å². The summed E-state index contributed by atoms with van der Waals surface area (Å²) in [6, 6.07) is 0. The van der Waals surface area contributed by atoms with Gasteiger partial charge in [0.05, 0.1) is 28.9 Å². The number of nitrogens with one attached hydrogen (secondary N) is 1. The molecule has 12 heteroatoms. The van der Waals surface area contributed by atoms with Gasteiger partial charge in [-0.3, -0.25) is 0 Å². The lowest BCUT2D eigenvalue weighted by molar-refractivity contribution is 0.567. The van der Waals surface area contributed by atoms with Gasteiger partial charge in [0.25, 0.3) is 0 Å². The summed E-state index contributed by atoms with van der Waals surface area (Å²) in [7, 11) is 0. The van der Waals surface area contributed by atoms with E-state index in [1.54, 1.807) is 30.3 Å². The van der Waals surface area contributed by atoms with Gasteiger partial charge in [-0.2, -0.15) is 4.98 Å². The van der Waals surface area contributed by atoms with E-state index in [9.17, 15) is 0 Å². The Labute approximate surface area is 313 Å². The highest BCUT2D eigenvalue weighted by molar-refractivity contribution is 7.16. The van der Waals surface area contributed by atoms with Crippen LogP contribution in [0.5, 0.6) is 0 Å². The molecule has 0 spiro atoms. The van der Waals surface area contributed by atoms with Crippen LogP contribution < -0.4 is 0 Å². The molecule has 0 atom stereocenters. The van der Waals surface area contributed by atoms with E-state index in [-0.39, 0.29) is 16.2 Å². The minimum atomic E-state index is -0.0297. The third-order valence-corrected chi connectivity index (χ3v) is 6.36. The largest absolute Gasteiger partial charge is 0.425 e. The number of hydrogen-bond acceptors (Lipinski definition) is 11. The number of imidazole rings is 1. The first-order chi connectivity index (χ1) is 24.3. The molecule has 51 heavy (non-hydrogen) atoms. The molecule has 6 aromatic rings. The number of oxazole rings is 1. The third-order valence-electron chi connectivity index (χ3n) is 5.62. The van der Waals surface area contributed by atoms with Gasteiger partial charge in [0.2, 0.25) is 5.71 Å². The van der Waals surface area contributed by atoms with E-state index in [0.717, 1.165) is 44.1 Å². The van der Waals surface area contributed by atoms with Gasteiger partial charge in [-0.1, -0.05) is 145 Å². The molecule has 0 saturated heterocycles. The lowest BCUT2D eigenvalue weighted by Gasteiger charge is -2.17. The van der Waals surface area contributed by atoms with E-state index in [2.05, 4.69) is 112 Å². The molecule has 0 radical (unpaired) electrons. The van der Waals surface area contributed by atoms with Crippen LogP contribution in [0.15, 0.2) is 41.6 Å².